The largest absolute Gasteiger partial charge is 0.494 e. The molecule has 5 rings (SSSR count). The van der Waals surface area contributed by atoms with E-state index in [1.54, 1.807) is 33.3 Å². The van der Waals surface area contributed by atoms with Gasteiger partial charge in [0, 0.05) is 30.3 Å². The van der Waals surface area contributed by atoms with Crippen LogP contribution in [0, 0.1) is 0 Å². The van der Waals surface area contributed by atoms with E-state index in [1.165, 1.54) is 0 Å². The van der Waals surface area contributed by atoms with Crippen LogP contribution in [0.3, 0.4) is 0 Å². The Morgan fingerprint density at radius 3 is 2.64 bits per heavy atom. The van der Waals surface area contributed by atoms with Crippen molar-refractivity contribution in [3.63, 3.8) is 0 Å². The van der Waals surface area contributed by atoms with Gasteiger partial charge in [0.2, 0.25) is 12.7 Å². The SMILES string of the molecule is CCOc1ccc(NC(=O)N(CC(=O)N(Cc2ccc3c(c2)OCO3)Cc2cccs2)CC2CCCO2)cc1. The van der Waals surface area contributed by atoms with Gasteiger partial charge in [-0.25, -0.2) is 4.79 Å². The zero-order chi connectivity index (χ0) is 27.0. The normalized spacial score (nSPS) is 15.7. The number of hydrogen-bond donors (Lipinski definition) is 1. The van der Waals surface area contributed by atoms with Crippen molar-refractivity contribution in [1.29, 1.82) is 0 Å². The van der Waals surface area contributed by atoms with Gasteiger partial charge < -0.3 is 34.1 Å². The Balaban J connectivity index is 1.31. The monoisotopic (exact) mass is 551 g/mol. The molecular weight excluding hydrogens is 518 g/mol. The van der Waals surface area contributed by atoms with Gasteiger partial charge in [0.1, 0.15) is 12.3 Å². The van der Waals surface area contributed by atoms with E-state index in [9.17, 15) is 9.59 Å². The highest BCUT2D eigenvalue weighted by Crippen LogP contribution is 2.33. The van der Waals surface area contributed by atoms with Crippen molar-refractivity contribution in [3.8, 4) is 17.2 Å². The molecule has 1 N–H and O–H groups in total. The molecule has 1 aromatic heterocycles. The Morgan fingerprint density at radius 1 is 1.05 bits per heavy atom. The molecule has 0 radical (unpaired) electrons. The zero-order valence-corrected chi connectivity index (χ0v) is 22.8. The van der Waals surface area contributed by atoms with Crippen LogP contribution in [-0.4, -0.2) is 60.9 Å². The summed E-state index contributed by atoms with van der Waals surface area (Å²) in [6, 6.07) is 16.5. The van der Waals surface area contributed by atoms with Crippen LogP contribution in [-0.2, 0) is 22.6 Å². The first-order chi connectivity index (χ1) is 19.1. The number of thiophene rings is 1. The summed E-state index contributed by atoms with van der Waals surface area (Å²) in [6.07, 6.45) is 1.71. The summed E-state index contributed by atoms with van der Waals surface area (Å²) in [5, 5.41) is 4.92. The van der Waals surface area contributed by atoms with Gasteiger partial charge in [0.05, 0.1) is 19.3 Å². The topological polar surface area (TPSA) is 89.6 Å². The van der Waals surface area contributed by atoms with E-state index in [0.29, 0.717) is 50.0 Å². The molecule has 9 nitrogen and oxygen atoms in total. The molecular formula is C29H33N3O6S. The highest BCUT2D eigenvalue weighted by molar-refractivity contribution is 7.09. The highest BCUT2D eigenvalue weighted by atomic mass is 32.1. The number of nitrogens with one attached hydrogen (secondary N) is 1. The summed E-state index contributed by atoms with van der Waals surface area (Å²) in [7, 11) is 0. The number of benzene rings is 2. The molecule has 3 aromatic rings. The Labute approximate surface area is 232 Å². The number of amides is 3. The fraction of sp³-hybridized carbons (Fsp3) is 0.379. The van der Waals surface area contributed by atoms with Crippen LogP contribution < -0.4 is 19.5 Å². The Morgan fingerprint density at radius 2 is 1.90 bits per heavy atom. The minimum absolute atomic E-state index is 0.0708. The maximum absolute atomic E-state index is 13.8. The molecule has 1 fully saturated rings. The number of ether oxygens (including phenoxy) is 4. The molecule has 1 saturated heterocycles. The lowest BCUT2D eigenvalue weighted by Gasteiger charge is -2.29. The highest BCUT2D eigenvalue weighted by Gasteiger charge is 2.27. The summed E-state index contributed by atoms with van der Waals surface area (Å²) in [4.78, 5) is 31.6. The maximum Gasteiger partial charge on any atom is 0.322 e. The van der Waals surface area contributed by atoms with Crippen molar-refractivity contribution in [1.82, 2.24) is 9.80 Å². The van der Waals surface area contributed by atoms with Crippen molar-refractivity contribution >= 4 is 29.0 Å². The van der Waals surface area contributed by atoms with Crippen LogP contribution in [0.4, 0.5) is 10.5 Å². The van der Waals surface area contributed by atoms with Crippen LogP contribution >= 0.6 is 11.3 Å². The van der Waals surface area contributed by atoms with E-state index in [1.807, 2.05) is 54.8 Å². The fourth-order valence-corrected chi connectivity index (χ4v) is 5.32. The fourth-order valence-electron chi connectivity index (χ4n) is 4.60. The second kappa shape index (κ2) is 12.9. The van der Waals surface area contributed by atoms with Gasteiger partial charge >= 0.3 is 6.03 Å². The third kappa shape index (κ3) is 7.21. The predicted octanol–water partition coefficient (Wildman–Crippen LogP) is 5.12. The number of rotatable bonds is 11. The Bertz CT molecular complexity index is 1240. The average molecular weight is 552 g/mol. The number of nitrogens with zero attached hydrogens (tertiary/aromatic N) is 2. The van der Waals surface area contributed by atoms with Crippen molar-refractivity contribution < 1.29 is 28.5 Å². The summed E-state index contributed by atoms with van der Waals surface area (Å²) in [5.74, 6) is 1.95. The average Bonchev–Trinajstić information content (AvgIpc) is 3.72. The molecule has 3 heterocycles. The summed E-state index contributed by atoms with van der Waals surface area (Å²) >= 11 is 1.60. The Hall–Kier alpha value is -3.76. The molecule has 1 unspecified atom stereocenters. The smallest absolute Gasteiger partial charge is 0.322 e. The molecule has 0 bridgehead atoms. The first kappa shape index (κ1) is 26.8. The van der Waals surface area contributed by atoms with Crippen LogP contribution in [0.1, 0.15) is 30.2 Å². The Kier molecular flexibility index (Phi) is 8.85. The molecule has 0 aliphatic carbocycles. The minimum atomic E-state index is -0.345. The van der Waals surface area contributed by atoms with E-state index < -0.39 is 0 Å². The second-order valence-electron chi connectivity index (χ2n) is 9.42. The summed E-state index contributed by atoms with van der Waals surface area (Å²) < 4.78 is 22.3. The van der Waals surface area contributed by atoms with E-state index in [0.717, 1.165) is 29.0 Å². The summed E-state index contributed by atoms with van der Waals surface area (Å²) in [5.41, 5.74) is 1.55. The zero-order valence-electron chi connectivity index (χ0n) is 22.0. The van der Waals surface area contributed by atoms with E-state index in [4.69, 9.17) is 18.9 Å². The molecule has 0 spiro atoms. The van der Waals surface area contributed by atoms with Crippen LogP contribution in [0.2, 0.25) is 0 Å². The molecule has 0 saturated carbocycles. The third-order valence-electron chi connectivity index (χ3n) is 6.57. The number of hydrogen-bond acceptors (Lipinski definition) is 7. The number of fused-ring (bicyclic) bond motifs is 1. The lowest BCUT2D eigenvalue weighted by Crippen LogP contribution is -2.46. The second-order valence-corrected chi connectivity index (χ2v) is 10.5. The van der Waals surface area contributed by atoms with E-state index >= 15 is 0 Å². The lowest BCUT2D eigenvalue weighted by atomic mass is 10.1. The maximum atomic E-state index is 13.8. The number of anilines is 1. The third-order valence-corrected chi connectivity index (χ3v) is 7.43. The van der Waals surface area contributed by atoms with Crippen molar-refractivity contribution in [2.24, 2.45) is 0 Å². The lowest BCUT2D eigenvalue weighted by molar-refractivity contribution is -0.133. The molecule has 2 aliphatic heterocycles. The molecule has 2 aromatic carbocycles. The molecule has 206 valence electrons. The number of carbonyl (C=O) groups is 2. The summed E-state index contributed by atoms with van der Waals surface area (Å²) in [6.45, 7) is 4.44. The van der Waals surface area contributed by atoms with Gasteiger partial charge in [0.15, 0.2) is 11.5 Å². The minimum Gasteiger partial charge on any atom is -0.494 e. The number of carbonyl (C=O) groups excluding carboxylic acids is 2. The van der Waals surface area contributed by atoms with Crippen LogP contribution in [0.5, 0.6) is 17.2 Å². The van der Waals surface area contributed by atoms with Gasteiger partial charge in [-0.2, -0.15) is 0 Å². The van der Waals surface area contributed by atoms with Gasteiger partial charge in [-0.05, 0) is 73.2 Å². The van der Waals surface area contributed by atoms with E-state index in [2.05, 4.69) is 5.32 Å². The van der Waals surface area contributed by atoms with Gasteiger partial charge in [-0.3, -0.25) is 4.79 Å². The van der Waals surface area contributed by atoms with Gasteiger partial charge in [-0.15, -0.1) is 11.3 Å². The van der Waals surface area contributed by atoms with Crippen molar-refractivity contribution in [2.45, 2.75) is 39.0 Å². The van der Waals surface area contributed by atoms with Gasteiger partial charge in [0.25, 0.3) is 0 Å². The molecule has 3 amide bonds. The first-order valence-corrected chi connectivity index (χ1v) is 14.0. The van der Waals surface area contributed by atoms with Crippen molar-refractivity contribution in [3.05, 3.63) is 70.4 Å². The number of urea groups is 1. The van der Waals surface area contributed by atoms with Crippen LogP contribution in [0.15, 0.2) is 60.0 Å². The quantitative estimate of drug-likeness (QED) is 0.356. The predicted molar refractivity (Wildman–Crippen MR) is 148 cm³/mol. The van der Waals surface area contributed by atoms with Crippen LogP contribution in [0.25, 0.3) is 0 Å². The standard InChI is InChI=1S/C29H33N3O6S/c1-2-35-23-10-8-22(9-11-23)30-29(34)32(17-24-5-3-13-36-24)19-28(33)31(18-25-6-4-14-39-25)16-21-7-12-26-27(15-21)38-20-37-26/h4,6-12,14-15,24H,2-3,5,13,16-20H2,1H3,(H,30,34). The first-order valence-electron chi connectivity index (χ1n) is 13.2. The molecule has 1 atom stereocenters. The molecule has 39 heavy (non-hydrogen) atoms. The van der Waals surface area contributed by atoms with E-state index in [-0.39, 0.29) is 31.4 Å². The molecule has 10 heteroatoms. The van der Waals surface area contributed by atoms with Gasteiger partial charge in [-0.1, -0.05) is 12.1 Å². The molecule has 2 aliphatic rings. The van der Waals surface area contributed by atoms with Crippen molar-refractivity contribution in [2.75, 3.05) is 38.4 Å².